The van der Waals surface area contributed by atoms with E-state index in [1.807, 2.05) is 0 Å². The number of nitrogens with zero attached hydrogens (tertiary/aromatic N) is 1. The van der Waals surface area contributed by atoms with Crippen molar-refractivity contribution >= 4 is 33.0 Å². The Morgan fingerprint density at radius 2 is 0.951 bits per heavy atom. The summed E-state index contributed by atoms with van der Waals surface area (Å²) in [7, 11) is 0. The molecular formula is C59H46BrN. The monoisotopic (exact) mass is 847 g/mol. The van der Waals surface area contributed by atoms with E-state index in [1.165, 1.54) is 61.2 Å². The summed E-state index contributed by atoms with van der Waals surface area (Å²) >= 11 is 3.95. The summed E-state index contributed by atoms with van der Waals surface area (Å²) in [6.07, 6.45) is 2.90. The molecule has 0 aliphatic heterocycles. The maximum atomic E-state index is 3.95. The van der Waals surface area contributed by atoms with E-state index in [2.05, 4.69) is 257 Å². The van der Waals surface area contributed by atoms with Crippen molar-refractivity contribution in [3.8, 4) is 22.3 Å². The number of hydrogen-bond acceptors (Lipinski definition) is 1. The molecule has 0 saturated carbocycles. The molecule has 0 heterocycles. The normalized spacial score (nSPS) is 12.9. The van der Waals surface area contributed by atoms with Crippen molar-refractivity contribution in [2.75, 3.05) is 4.90 Å². The molecule has 1 aliphatic rings. The van der Waals surface area contributed by atoms with Crippen LogP contribution in [0.2, 0.25) is 0 Å². The highest BCUT2D eigenvalue weighted by Gasteiger charge is 2.46. The number of para-hydroxylation sites is 1. The van der Waals surface area contributed by atoms with Crippen molar-refractivity contribution in [3.05, 3.63) is 280 Å². The topological polar surface area (TPSA) is 3.24 Å². The zero-order valence-electron chi connectivity index (χ0n) is 34.0. The van der Waals surface area contributed by atoms with Crippen LogP contribution < -0.4 is 4.90 Å². The Hall–Kier alpha value is -6.74. The lowest BCUT2D eigenvalue weighted by molar-refractivity contribution is 0.620. The van der Waals surface area contributed by atoms with Gasteiger partial charge in [0.15, 0.2) is 0 Å². The Bertz CT molecular complexity index is 2830. The molecule has 10 rings (SSSR count). The maximum Gasteiger partial charge on any atom is 0.0713 e. The average Bonchev–Trinajstić information content (AvgIpc) is 3.62. The third-order valence-corrected chi connectivity index (χ3v) is 13.0. The predicted molar refractivity (Wildman–Crippen MR) is 259 cm³/mol. The van der Waals surface area contributed by atoms with Crippen molar-refractivity contribution in [2.45, 2.75) is 30.6 Å². The lowest BCUT2D eigenvalue weighted by Gasteiger charge is -2.34. The van der Waals surface area contributed by atoms with Gasteiger partial charge in [-0.15, -0.1) is 0 Å². The Balaban J connectivity index is 0.996. The Labute approximate surface area is 368 Å². The van der Waals surface area contributed by atoms with Gasteiger partial charge in [-0.3, -0.25) is 0 Å². The van der Waals surface area contributed by atoms with Gasteiger partial charge in [0, 0.05) is 21.5 Å². The quantitative estimate of drug-likeness (QED) is 0.118. The van der Waals surface area contributed by atoms with E-state index in [1.54, 1.807) is 0 Å². The number of aryl methyl sites for hydroxylation is 1. The molecular weight excluding hydrogens is 803 g/mol. The molecule has 9 aromatic rings. The van der Waals surface area contributed by atoms with Gasteiger partial charge in [-0.05, 0) is 129 Å². The van der Waals surface area contributed by atoms with Gasteiger partial charge in [0.25, 0.3) is 0 Å². The fourth-order valence-electron chi connectivity index (χ4n) is 9.72. The van der Waals surface area contributed by atoms with Gasteiger partial charge in [0.2, 0.25) is 0 Å². The van der Waals surface area contributed by atoms with E-state index >= 15 is 0 Å². The van der Waals surface area contributed by atoms with E-state index in [0.29, 0.717) is 5.92 Å². The van der Waals surface area contributed by atoms with E-state index in [-0.39, 0.29) is 0 Å². The first kappa shape index (κ1) is 38.5. The minimum absolute atomic E-state index is 0.317. The molecule has 1 aliphatic carbocycles. The molecule has 0 spiro atoms. The Kier molecular flexibility index (Phi) is 10.8. The van der Waals surface area contributed by atoms with Crippen molar-refractivity contribution < 1.29 is 0 Å². The second-order valence-electron chi connectivity index (χ2n) is 16.2. The summed E-state index contributed by atoms with van der Waals surface area (Å²) in [5.74, 6) is 0.317. The summed E-state index contributed by atoms with van der Waals surface area (Å²) < 4.78 is 1.07. The standard InChI is InChI=1S/C59H46BrN/c60-51-39-44(40-54(42-51)61(52-26-14-5-15-27-52)53-35-33-47(34-36-53)45-18-6-1-7-19-45)38-48(46-20-8-2-9-21-46)32-30-43-31-37-56-55-28-16-17-29-57(55)59(58(56)41-43,49-22-10-3-11-23-49)50-24-12-4-13-25-50/h1-29,31,33-37,39-42,48H,30,32,38H2. The molecule has 0 aromatic heterocycles. The first-order chi connectivity index (χ1) is 30.1. The van der Waals surface area contributed by atoms with Gasteiger partial charge in [-0.25, -0.2) is 0 Å². The van der Waals surface area contributed by atoms with E-state index in [9.17, 15) is 0 Å². The summed E-state index contributed by atoms with van der Waals surface area (Å²) in [4.78, 5) is 2.37. The van der Waals surface area contributed by atoms with Crippen LogP contribution in [0, 0.1) is 0 Å². The zero-order chi connectivity index (χ0) is 41.0. The second kappa shape index (κ2) is 17.1. The van der Waals surface area contributed by atoms with Crippen LogP contribution in [0.15, 0.2) is 241 Å². The molecule has 0 saturated heterocycles. The number of rotatable bonds is 12. The zero-order valence-corrected chi connectivity index (χ0v) is 35.6. The van der Waals surface area contributed by atoms with E-state index in [0.717, 1.165) is 40.8 Å². The summed E-state index contributed by atoms with van der Waals surface area (Å²) in [5.41, 5.74) is 17.4. The van der Waals surface area contributed by atoms with Gasteiger partial charge in [-0.1, -0.05) is 210 Å². The summed E-state index contributed by atoms with van der Waals surface area (Å²) in [5, 5.41) is 0. The lowest BCUT2D eigenvalue weighted by atomic mass is 9.67. The first-order valence-electron chi connectivity index (χ1n) is 21.3. The SMILES string of the molecule is Brc1cc(CC(CCc2ccc3c(c2)C(c2ccccc2)(c2ccccc2)c2ccccc2-3)c2ccccc2)cc(N(c2ccccc2)c2ccc(-c3ccccc3)cc2)c1. The van der Waals surface area contributed by atoms with Crippen molar-refractivity contribution in [2.24, 2.45) is 0 Å². The minimum Gasteiger partial charge on any atom is -0.310 e. The maximum absolute atomic E-state index is 3.95. The van der Waals surface area contributed by atoms with Gasteiger partial charge >= 0.3 is 0 Å². The van der Waals surface area contributed by atoms with Crippen LogP contribution in [0.5, 0.6) is 0 Å². The number of hydrogen-bond donors (Lipinski definition) is 0. The molecule has 1 nitrogen and oxygen atoms in total. The molecule has 0 radical (unpaired) electrons. The highest BCUT2D eigenvalue weighted by molar-refractivity contribution is 9.10. The highest BCUT2D eigenvalue weighted by Crippen LogP contribution is 2.56. The third-order valence-electron chi connectivity index (χ3n) is 12.5. The molecule has 0 amide bonds. The molecule has 0 bridgehead atoms. The van der Waals surface area contributed by atoms with Crippen molar-refractivity contribution in [1.29, 1.82) is 0 Å². The van der Waals surface area contributed by atoms with Crippen LogP contribution in [-0.2, 0) is 18.3 Å². The van der Waals surface area contributed by atoms with Crippen LogP contribution in [-0.4, -0.2) is 0 Å². The summed E-state index contributed by atoms with van der Waals surface area (Å²) in [6, 6.07) is 86.8. The minimum atomic E-state index is -0.400. The molecule has 0 fully saturated rings. The van der Waals surface area contributed by atoms with Crippen LogP contribution >= 0.6 is 15.9 Å². The van der Waals surface area contributed by atoms with Gasteiger partial charge in [-0.2, -0.15) is 0 Å². The number of fused-ring (bicyclic) bond motifs is 3. The Morgan fingerprint density at radius 1 is 0.410 bits per heavy atom. The van der Waals surface area contributed by atoms with Crippen molar-refractivity contribution in [1.82, 2.24) is 0 Å². The molecule has 9 aromatic carbocycles. The number of benzene rings is 9. The van der Waals surface area contributed by atoms with Crippen LogP contribution in [0.1, 0.15) is 51.3 Å². The van der Waals surface area contributed by atoms with Gasteiger partial charge in [0.05, 0.1) is 5.41 Å². The van der Waals surface area contributed by atoms with Gasteiger partial charge in [0.1, 0.15) is 0 Å². The van der Waals surface area contributed by atoms with E-state index < -0.39 is 5.41 Å². The molecule has 1 atom stereocenters. The van der Waals surface area contributed by atoms with Crippen LogP contribution in [0.3, 0.4) is 0 Å². The highest BCUT2D eigenvalue weighted by atomic mass is 79.9. The molecule has 0 N–H and O–H groups in total. The van der Waals surface area contributed by atoms with Crippen LogP contribution in [0.25, 0.3) is 22.3 Å². The van der Waals surface area contributed by atoms with Crippen LogP contribution in [0.4, 0.5) is 17.1 Å². The molecule has 1 unspecified atom stereocenters. The smallest absolute Gasteiger partial charge is 0.0713 e. The fourth-order valence-corrected chi connectivity index (χ4v) is 10.3. The second-order valence-corrected chi connectivity index (χ2v) is 17.1. The van der Waals surface area contributed by atoms with Gasteiger partial charge < -0.3 is 4.90 Å². The molecule has 294 valence electrons. The molecule has 61 heavy (non-hydrogen) atoms. The number of anilines is 3. The third kappa shape index (κ3) is 7.54. The first-order valence-corrected chi connectivity index (χ1v) is 22.1. The lowest BCUT2D eigenvalue weighted by Crippen LogP contribution is -2.28. The largest absolute Gasteiger partial charge is 0.310 e. The predicted octanol–water partition coefficient (Wildman–Crippen LogP) is 15.9. The average molecular weight is 849 g/mol. The summed E-state index contributed by atoms with van der Waals surface area (Å²) in [6.45, 7) is 0. The number of halogens is 1. The van der Waals surface area contributed by atoms with E-state index in [4.69, 9.17) is 0 Å². The fraction of sp³-hybridized carbons (Fsp3) is 0.0847. The van der Waals surface area contributed by atoms with Crippen molar-refractivity contribution in [3.63, 3.8) is 0 Å². The Morgan fingerprint density at radius 3 is 1.62 bits per heavy atom. The molecule has 2 heteroatoms.